The highest BCUT2D eigenvalue weighted by atomic mass is 79.9. The smallest absolute Gasteiger partial charge is 0.00188 e. The number of hydrogen-bond donors (Lipinski definition) is 0. The summed E-state index contributed by atoms with van der Waals surface area (Å²) in [5, 5.41) is 0. The lowest BCUT2D eigenvalue weighted by Crippen LogP contribution is -2.27. The molecule has 0 unspecified atom stereocenters. The maximum absolute atomic E-state index is 2.94. The second kappa shape index (κ2) is 16.9. The van der Waals surface area contributed by atoms with E-state index in [2.05, 4.69) is 41.6 Å². The van der Waals surface area contributed by atoms with Crippen LogP contribution in [-0.4, -0.2) is 30.4 Å². The van der Waals surface area contributed by atoms with Crippen molar-refractivity contribution in [3.8, 4) is 0 Å². The Bertz CT molecular complexity index is 77.5. The molecule has 0 radical (unpaired) electrons. The van der Waals surface area contributed by atoms with Crippen LogP contribution in [0.3, 0.4) is 0 Å². The van der Waals surface area contributed by atoms with Gasteiger partial charge < -0.3 is 4.90 Å². The fourth-order valence-corrected chi connectivity index (χ4v) is 1.48. The third kappa shape index (κ3) is 14.4. The van der Waals surface area contributed by atoms with Crippen LogP contribution >= 0.6 is 15.9 Å². The van der Waals surface area contributed by atoms with Gasteiger partial charge in [-0.2, -0.15) is 0 Å². The summed E-state index contributed by atoms with van der Waals surface area (Å²) in [6, 6.07) is 0. The molecule has 1 nitrogen and oxygen atoms in total. The monoisotopic (exact) mass is 279 g/mol. The normalized spacial score (nSPS) is 10.0. The summed E-state index contributed by atoms with van der Waals surface area (Å²) < 4.78 is 0. The van der Waals surface area contributed by atoms with E-state index < -0.39 is 0 Å². The van der Waals surface area contributed by atoms with Gasteiger partial charge in [0.2, 0.25) is 0 Å². The van der Waals surface area contributed by atoms with Gasteiger partial charge in [0.25, 0.3) is 0 Å². The Morgan fingerprint density at radius 1 is 0.667 bits per heavy atom. The van der Waals surface area contributed by atoms with Gasteiger partial charge in [0.1, 0.15) is 0 Å². The van der Waals surface area contributed by atoms with E-state index in [-0.39, 0.29) is 0 Å². The third-order valence-corrected chi connectivity index (χ3v) is 2.48. The van der Waals surface area contributed by atoms with Crippen molar-refractivity contribution < 1.29 is 0 Å². The van der Waals surface area contributed by atoms with E-state index in [0.717, 1.165) is 0 Å². The summed E-state index contributed by atoms with van der Waals surface area (Å²) >= 11 is 2.94. The Labute approximate surface area is 106 Å². The van der Waals surface area contributed by atoms with Gasteiger partial charge in [0.15, 0.2) is 0 Å². The lowest BCUT2D eigenvalue weighted by Gasteiger charge is -2.21. The molecule has 0 amide bonds. The molecule has 0 aromatic rings. The Hall–Kier alpha value is 0.440. The van der Waals surface area contributed by atoms with Crippen molar-refractivity contribution in [3.63, 3.8) is 0 Å². The van der Waals surface area contributed by atoms with Crippen molar-refractivity contribution in [2.24, 2.45) is 0 Å². The average molecular weight is 280 g/mol. The predicted molar refractivity (Wildman–Crippen MR) is 76.0 cm³/mol. The van der Waals surface area contributed by atoms with Crippen LogP contribution in [0.1, 0.15) is 59.3 Å². The van der Waals surface area contributed by atoms with Gasteiger partial charge in [-0.3, -0.25) is 0 Å². The molecule has 0 bridgehead atoms. The number of halogens is 1. The zero-order valence-corrected chi connectivity index (χ0v) is 12.8. The predicted octanol–water partition coefficient (Wildman–Crippen LogP) is 4.70. The van der Waals surface area contributed by atoms with Gasteiger partial charge in [0, 0.05) is 0 Å². The number of unbranched alkanes of at least 4 members (excludes halogenated alkanes) is 3. The lowest BCUT2D eigenvalue weighted by atomic mass is 10.2. The Morgan fingerprint density at radius 3 is 1.13 bits per heavy atom. The van der Waals surface area contributed by atoms with Crippen LogP contribution in [0.2, 0.25) is 0 Å². The standard InChI is InChI=1S/C12H27N.CH3Br/c1-4-7-10-13(11-8-5-2)12-9-6-3;1-2/h4-12H2,1-3H3;1H3. The molecule has 0 saturated carbocycles. The first kappa shape index (κ1) is 17.8. The quantitative estimate of drug-likeness (QED) is 0.553. The van der Waals surface area contributed by atoms with Crippen LogP contribution in [0.4, 0.5) is 0 Å². The third-order valence-electron chi connectivity index (χ3n) is 2.48. The highest BCUT2D eigenvalue weighted by molar-refractivity contribution is 9.08. The Balaban J connectivity index is 0. The van der Waals surface area contributed by atoms with E-state index in [4.69, 9.17) is 0 Å². The largest absolute Gasteiger partial charge is 0.303 e. The van der Waals surface area contributed by atoms with Crippen LogP contribution in [0.5, 0.6) is 0 Å². The molecule has 15 heavy (non-hydrogen) atoms. The molecule has 0 atom stereocenters. The lowest BCUT2D eigenvalue weighted by molar-refractivity contribution is 0.261. The van der Waals surface area contributed by atoms with Crippen molar-refractivity contribution in [2.75, 3.05) is 25.5 Å². The minimum absolute atomic E-state index is 1.32. The van der Waals surface area contributed by atoms with Crippen LogP contribution in [-0.2, 0) is 0 Å². The summed E-state index contributed by atoms with van der Waals surface area (Å²) in [7, 11) is 0. The highest BCUT2D eigenvalue weighted by Crippen LogP contribution is 2.01. The van der Waals surface area contributed by atoms with E-state index in [0.29, 0.717) is 0 Å². The molecule has 0 spiro atoms. The zero-order valence-electron chi connectivity index (χ0n) is 11.2. The second-order valence-corrected chi connectivity index (χ2v) is 3.90. The molecule has 0 rings (SSSR count). The number of rotatable bonds is 9. The molecule has 0 aromatic heterocycles. The van der Waals surface area contributed by atoms with Crippen LogP contribution < -0.4 is 0 Å². The first-order valence-electron chi connectivity index (χ1n) is 6.45. The molecule has 0 heterocycles. The first-order valence-corrected chi connectivity index (χ1v) is 8.03. The summed E-state index contributed by atoms with van der Waals surface area (Å²) in [5.41, 5.74) is 0. The van der Waals surface area contributed by atoms with Crippen molar-refractivity contribution in [1.29, 1.82) is 0 Å². The van der Waals surface area contributed by atoms with Crippen molar-refractivity contribution in [1.82, 2.24) is 4.90 Å². The topological polar surface area (TPSA) is 3.24 Å². The summed E-state index contributed by atoms with van der Waals surface area (Å²) in [6.07, 6.45) is 8.09. The van der Waals surface area contributed by atoms with Crippen LogP contribution in [0.25, 0.3) is 0 Å². The molecular formula is C13H30BrN. The van der Waals surface area contributed by atoms with E-state index in [1.165, 1.54) is 58.2 Å². The molecule has 0 saturated heterocycles. The van der Waals surface area contributed by atoms with Crippen molar-refractivity contribution in [2.45, 2.75) is 59.3 Å². The Kier molecular flexibility index (Phi) is 20.0. The SMILES string of the molecule is CBr.CCCCN(CCCC)CCCC. The molecule has 0 N–H and O–H groups in total. The highest BCUT2D eigenvalue weighted by Gasteiger charge is 2.01. The van der Waals surface area contributed by atoms with Gasteiger partial charge >= 0.3 is 0 Å². The molecule has 2 heteroatoms. The van der Waals surface area contributed by atoms with E-state index in [1.807, 2.05) is 5.83 Å². The van der Waals surface area contributed by atoms with Crippen LogP contribution in [0.15, 0.2) is 0 Å². The molecule has 0 aliphatic carbocycles. The summed E-state index contributed by atoms with van der Waals surface area (Å²) in [6.45, 7) is 10.8. The van der Waals surface area contributed by atoms with E-state index in [9.17, 15) is 0 Å². The van der Waals surface area contributed by atoms with Gasteiger partial charge in [-0.05, 0) is 44.7 Å². The molecule has 0 aliphatic heterocycles. The van der Waals surface area contributed by atoms with Crippen LogP contribution in [0, 0.1) is 0 Å². The molecular weight excluding hydrogens is 250 g/mol. The van der Waals surface area contributed by atoms with E-state index >= 15 is 0 Å². The van der Waals surface area contributed by atoms with Crippen molar-refractivity contribution >= 4 is 15.9 Å². The minimum Gasteiger partial charge on any atom is -0.303 e. The fourth-order valence-electron chi connectivity index (χ4n) is 1.48. The molecule has 0 aromatic carbocycles. The number of nitrogens with zero attached hydrogens (tertiary/aromatic N) is 1. The molecule has 94 valence electrons. The van der Waals surface area contributed by atoms with Gasteiger partial charge in [-0.15, -0.1) is 0 Å². The molecule has 0 fully saturated rings. The maximum atomic E-state index is 2.94. The summed E-state index contributed by atoms with van der Waals surface area (Å²) in [4.78, 5) is 2.64. The minimum atomic E-state index is 1.32. The second-order valence-electron chi connectivity index (χ2n) is 3.90. The zero-order chi connectivity index (χ0) is 11.9. The molecule has 0 aliphatic rings. The summed E-state index contributed by atoms with van der Waals surface area (Å²) in [5.74, 6) is 1.81. The maximum Gasteiger partial charge on any atom is -0.00188 e. The first-order chi connectivity index (χ1) is 7.35. The fraction of sp³-hybridized carbons (Fsp3) is 1.00. The Morgan fingerprint density at radius 2 is 0.933 bits per heavy atom. The van der Waals surface area contributed by atoms with Crippen molar-refractivity contribution in [3.05, 3.63) is 0 Å². The van der Waals surface area contributed by atoms with Gasteiger partial charge in [-0.1, -0.05) is 56.0 Å². The van der Waals surface area contributed by atoms with E-state index in [1.54, 1.807) is 0 Å². The van der Waals surface area contributed by atoms with Gasteiger partial charge in [-0.25, -0.2) is 0 Å². The number of alkyl halides is 1. The van der Waals surface area contributed by atoms with Gasteiger partial charge in [0.05, 0.1) is 0 Å². The number of hydrogen-bond acceptors (Lipinski definition) is 1. The average Bonchev–Trinajstić information content (AvgIpc) is 2.31.